The lowest BCUT2D eigenvalue weighted by molar-refractivity contribution is 0.0698. The predicted molar refractivity (Wildman–Crippen MR) is 119 cm³/mol. The summed E-state index contributed by atoms with van der Waals surface area (Å²) in [6, 6.07) is 10.3. The first-order chi connectivity index (χ1) is 12.8. The van der Waals surface area contributed by atoms with Gasteiger partial charge in [-0.3, -0.25) is 4.99 Å². The molecule has 0 aliphatic rings. The maximum atomic E-state index is 5.43. The van der Waals surface area contributed by atoms with Crippen molar-refractivity contribution in [2.75, 3.05) is 47.1 Å². The van der Waals surface area contributed by atoms with Crippen LogP contribution in [-0.2, 0) is 15.9 Å². The average molecular weight is 487 g/mol. The Hall–Kier alpha value is -1.65. The van der Waals surface area contributed by atoms with Crippen LogP contribution in [0.3, 0.4) is 0 Å². The Labute approximate surface area is 178 Å². The van der Waals surface area contributed by atoms with Gasteiger partial charge >= 0.3 is 0 Å². The molecule has 150 valence electrons. The number of methoxy groups -OCH3 is 1. The molecule has 0 bridgehead atoms. The number of nitrogens with one attached hydrogen (secondary N) is 2. The van der Waals surface area contributed by atoms with Crippen LogP contribution >= 0.6 is 24.0 Å². The smallest absolute Gasteiger partial charge is 0.190 e. The third-order valence-electron chi connectivity index (χ3n) is 3.82. The van der Waals surface area contributed by atoms with E-state index in [9.17, 15) is 0 Å². The van der Waals surface area contributed by atoms with Crippen molar-refractivity contribution in [3.63, 3.8) is 0 Å². The second-order valence-electron chi connectivity index (χ2n) is 5.75. The lowest BCUT2D eigenvalue weighted by Gasteiger charge is -2.12. The van der Waals surface area contributed by atoms with Gasteiger partial charge in [0.15, 0.2) is 5.96 Å². The van der Waals surface area contributed by atoms with Crippen LogP contribution in [-0.4, -0.2) is 62.8 Å². The minimum atomic E-state index is 0. The highest BCUT2D eigenvalue weighted by Crippen LogP contribution is 2.08. The second kappa shape index (κ2) is 14.4. The number of aliphatic imine (C=N–C) groups is 1. The second-order valence-corrected chi connectivity index (χ2v) is 5.75. The zero-order valence-electron chi connectivity index (χ0n) is 16.1. The molecule has 0 spiro atoms. The summed E-state index contributed by atoms with van der Waals surface area (Å²) in [4.78, 5) is 4.24. The van der Waals surface area contributed by atoms with E-state index in [0.29, 0.717) is 13.2 Å². The molecule has 2 rings (SSSR count). The highest BCUT2D eigenvalue weighted by atomic mass is 127. The number of benzene rings is 1. The standard InChI is InChI=1S/C19H29N5O2.HI/c1-20-19(21-10-4-14-26-16-15-25-2)22-12-9-17-5-7-18(8-6-17)24-13-3-11-23-24;/h3,5-8,11,13H,4,9-10,12,14-16H2,1-2H3,(H2,20,21,22);1H. The fraction of sp³-hybridized carbons (Fsp3) is 0.474. The number of ether oxygens (including phenoxy) is 2. The normalized spacial score (nSPS) is 11.1. The van der Waals surface area contributed by atoms with Crippen LogP contribution in [0, 0.1) is 0 Å². The Balaban J connectivity index is 0.00000364. The van der Waals surface area contributed by atoms with Crippen LogP contribution in [0.5, 0.6) is 0 Å². The zero-order chi connectivity index (χ0) is 18.5. The minimum absolute atomic E-state index is 0. The molecule has 0 fully saturated rings. The first-order valence-corrected chi connectivity index (χ1v) is 8.93. The summed E-state index contributed by atoms with van der Waals surface area (Å²) in [6.07, 6.45) is 5.58. The van der Waals surface area contributed by atoms with Gasteiger partial charge in [0.25, 0.3) is 0 Å². The number of halogens is 1. The number of aromatic nitrogens is 2. The summed E-state index contributed by atoms with van der Waals surface area (Å²) in [5.41, 5.74) is 2.34. The topological polar surface area (TPSA) is 72.7 Å². The quantitative estimate of drug-likeness (QED) is 0.220. The van der Waals surface area contributed by atoms with E-state index in [0.717, 1.165) is 44.2 Å². The molecule has 1 aromatic heterocycles. The first kappa shape index (κ1) is 23.4. The van der Waals surface area contributed by atoms with E-state index >= 15 is 0 Å². The average Bonchev–Trinajstić information content (AvgIpc) is 3.21. The minimum Gasteiger partial charge on any atom is -0.382 e. The lowest BCUT2D eigenvalue weighted by Crippen LogP contribution is -2.39. The van der Waals surface area contributed by atoms with Gasteiger partial charge in [0.05, 0.1) is 18.9 Å². The largest absolute Gasteiger partial charge is 0.382 e. The number of rotatable bonds is 11. The summed E-state index contributed by atoms with van der Waals surface area (Å²) >= 11 is 0. The molecule has 0 aliphatic carbocycles. The third kappa shape index (κ3) is 9.21. The van der Waals surface area contributed by atoms with Gasteiger partial charge < -0.3 is 20.1 Å². The summed E-state index contributed by atoms with van der Waals surface area (Å²) in [5, 5.41) is 10.9. The van der Waals surface area contributed by atoms with Crippen molar-refractivity contribution >= 4 is 29.9 Å². The molecular formula is C19H30IN5O2. The lowest BCUT2D eigenvalue weighted by atomic mass is 10.1. The summed E-state index contributed by atoms with van der Waals surface area (Å²) in [5.74, 6) is 0.815. The molecule has 0 saturated heterocycles. The van der Waals surface area contributed by atoms with Crippen LogP contribution in [0.4, 0.5) is 0 Å². The van der Waals surface area contributed by atoms with Crippen LogP contribution in [0.25, 0.3) is 5.69 Å². The molecule has 0 aliphatic heterocycles. The van der Waals surface area contributed by atoms with Crippen molar-refractivity contribution in [2.45, 2.75) is 12.8 Å². The molecule has 0 saturated carbocycles. The molecule has 8 heteroatoms. The van der Waals surface area contributed by atoms with Gasteiger partial charge in [-0.05, 0) is 36.6 Å². The molecule has 2 aromatic rings. The fourth-order valence-electron chi connectivity index (χ4n) is 2.41. The highest BCUT2D eigenvalue weighted by Gasteiger charge is 2.00. The van der Waals surface area contributed by atoms with Gasteiger partial charge in [0, 0.05) is 46.2 Å². The van der Waals surface area contributed by atoms with E-state index in [1.54, 1.807) is 20.4 Å². The van der Waals surface area contributed by atoms with Crippen molar-refractivity contribution in [1.29, 1.82) is 0 Å². The first-order valence-electron chi connectivity index (χ1n) is 8.93. The van der Waals surface area contributed by atoms with Gasteiger partial charge in [-0.25, -0.2) is 4.68 Å². The maximum absolute atomic E-state index is 5.43. The van der Waals surface area contributed by atoms with E-state index in [2.05, 4.69) is 45.0 Å². The summed E-state index contributed by atoms with van der Waals surface area (Å²) in [7, 11) is 3.46. The SMILES string of the molecule is CN=C(NCCCOCCOC)NCCc1ccc(-n2cccn2)cc1.I. The number of hydrogen-bond acceptors (Lipinski definition) is 4. The van der Waals surface area contributed by atoms with Crippen molar-refractivity contribution in [3.05, 3.63) is 48.3 Å². The number of guanidine groups is 1. The van der Waals surface area contributed by atoms with Crippen molar-refractivity contribution in [3.8, 4) is 5.69 Å². The Morgan fingerprint density at radius 2 is 1.89 bits per heavy atom. The Morgan fingerprint density at radius 1 is 1.11 bits per heavy atom. The van der Waals surface area contributed by atoms with E-state index in [1.807, 2.05) is 16.9 Å². The highest BCUT2D eigenvalue weighted by molar-refractivity contribution is 14.0. The summed E-state index contributed by atoms with van der Waals surface area (Å²) in [6.45, 7) is 3.65. The van der Waals surface area contributed by atoms with E-state index < -0.39 is 0 Å². The van der Waals surface area contributed by atoms with Crippen LogP contribution in [0.1, 0.15) is 12.0 Å². The van der Waals surface area contributed by atoms with Crippen LogP contribution in [0.2, 0.25) is 0 Å². The van der Waals surface area contributed by atoms with Crippen molar-refractivity contribution < 1.29 is 9.47 Å². The number of hydrogen-bond donors (Lipinski definition) is 2. The third-order valence-corrected chi connectivity index (χ3v) is 3.82. The van der Waals surface area contributed by atoms with E-state index in [4.69, 9.17) is 9.47 Å². The van der Waals surface area contributed by atoms with Gasteiger partial charge in [-0.1, -0.05) is 12.1 Å². The maximum Gasteiger partial charge on any atom is 0.190 e. The molecular weight excluding hydrogens is 457 g/mol. The molecule has 0 unspecified atom stereocenters. The monoisotopic (exact) mass is 487 g/mol. The van der Waals surface area contributed by atoms with E-state index in [1.165, 1.54) is 5.56 Å². The molecule has 0 atom stereocenters. The summed E-state index contributed by atoms with van der Waals surface area (Å²) < 4.78 is 12.2. The molecule has 27 heavy (non-hydrogen) atoms. The molecule has 2 N–H and O–H groups in total. The molecule has 1 heterocycles. The van der Waals surface area contributed by atoms with Crippen molar-refractivity contribution in [1.82, 2.24) is 20.4 Å². The van der Waals surface area contributed by atoms with Gasteiger partial charge in [-0.15, -0.1) is 24.0 Å². The zero-order valence-corrected chi connectivity index (χ0v) is 18.4. The van der Waals surface area contributed by atoms with Crippen LogP contribution < -0.4 is 10.6 Å². The Bertz CT molecular complexity index is 632. The Morgan fingerprint density at radius 3 is 2.56 bits per heavy atom. The predicted octanol–water partition coefficient (Wildman–Crippen LogP) is 2.25. The molecule has 0 radical (unpaired) electrons. The number of nitrogens with zero attached hydrogens (tertiary/aromatic N) is 3. The Kier molecular flexibility index (Phi) is 12.5. The van der Waals surface area contributed by atoms with Gasteiger partial charge in [-0.2, -0.15) is 5.10 Å². The molecule has 0 amide bonds. The fourth-order valence-corrected chi connectivity index (χ4v) is 2.41. The van der Waals surface area contributed by atoms with Crippen LogP contribution in [0.15, 0.2) is 47.7 Å². The van der Waals surface area contributed by atoms with E-state index in [-0.39, 0.29) is 24.0 Å². The van der Waals surface area contributed by atoms with Crippen molar-refractivity contribution in [2.24, 2.45) is 4.99 Å². The van der Waals surface area contributed by atoms with Gasteiger partial charge in [0.2, 0.25) is 0 Å². The van der Waals surface area contributed by atoms with Gasteiger partial charge in [0.1, 0.15) is 0 Å². The molecule has 1 aromatic carbocycles. The molecule has 7 nitrogen and oxygen atoms in total.